The smallest absolute Gasteiger partial charge is 0.241 e. The summed E-state index contributed by atoms with van der Waals surface area (Å²) in [5.74, 6) is 0.583. The van der Waals surface area contributed by atoms with Gasteiger partial charge in [-0.2, -0.15) is 0 Å². The second kappa shape index (κ2) is 7.76. The number of ether oxygens (including phenoxy) is 2. The van der Waals surface area contributed by atoms with Crippen LogP contribution in [0.2, 0.25) is 0 Å². The van der Waals surface area contributed by atoms with Crippen LogP contribution in [-0.4, -0.2) is 39.1 Å². The van der Waals surface area contributed by atoms with Gasteiger partial charge in [-0.3, -0.25) is 4.79 Å². The molecule has 7 nitrogen and oxygen atoms in total. The van der Waals surface area contributed by atoms with Gasteiger partial charge < -0.3 is 14.4 Å². The predicted molar refractivity (Wildman–Crippen MR) is 95.3 cm³/mol. The fourth-order valence-electron chi connectivity index (χ4n) is 2.58. The molecule has 1 aliphatic heterocycles. The maximum atomic E-state index is 12.4. The van der Waals surface area contributed by atoms with Crippen LogP contribution < -0.4 is 14.2 Å². The summed E-state index contributed by atoms with van der Waals surface area (Å²) in [6.45, 7) is 2.53. The lowest BCUT2D eigenvalue weighted by Gasteiger charge is -2.21. The first-order chi connectivity index (χ1) is 12.5. The third-order valence-corrected chi connectivity index (χ3v) is 5.42. The number of amides is 1. The van der Waals surface area contributed by atoms with Crippen molar-refractivity contribution in [2.24, 2.45) is 0 Å². The molecule has 0 fully saturated rings. The minimum absolute atomic E-state index is 0.0284. The van der Waals surface area contributed by atoms with E-state index in [0.29, 0.717) is 24.6 Å². The Kier molecular flexibility index (Phi) is 5.43. The minimum Gasteiger partial charge on any atom is -0.454 e. The summed E-state index contributed by atoms with van der Waals surface area (Å²) in [6.07, 6.45) is 0. The van der Waals surface area contributed by atoms with Crippen molar-refractivity contribution in [3.05, 3.63) is 54.1 Å². The summed E-state index contributed by atoms with van der Waals surface area (Å²) in [4.78, 5) is 14.0. The molecule has 8 heteroatoms. The summed E-state index contributed by atoms with van der Waals surface area (Å²) < 4.78 is 37.6. The molecule has 26 heavy (non-hydrogen) atoms. The van der Waals surface area contributed by atoms with Crippen molar-refractivity contribution < 1.29 is 22.7 Å². The number of rotatable bonds is 7. The Morgan fingerprint density at radius 2 is 1.85 bits per heavy atom. The van der Waals surface area contributed by atoms with Gasteiger partial charge in [0.05, 0.1) is 11.4 Å². The second-order valence-corrected chi connectivity index (χ2v) is 7.50. The van der Waals surface area contributed by atoms with Crippen LogP contribution in [0.3, 0.4) is 0 Å². The van der Waals surface area contributed by atoms with Crippen LogP contribution in [-0.2, 0) is 21.4 Å². The monoisotopic (exact) mass is 376 g/mol. The maximum absolute atomic E-state index is 12.4. The summed E-state index contributed by atoms with van der Waals surface area (Å²) in [5.41, 5.74) is 0.987. The van der Waals surface area contributed by atoms with Gasteiger partial charge in [-0.25, -0.2) is 13.1 Å². The lowest BCUT2D eigenvalue weighted by molar-refractivity contribution is -0.130. The molecule has 2 aromatic carbocycles. The Hall–Kier alpha value is -2.58. The summed E-state index contributed by atoms with van der Waals surface area (Å²) in [5, 5.41) is 0. The van der Waals surface area contributed by atoms with Crippen molar-refractivity contribution in [2.45, 2.75) is 18.4 Å². The van der Waals surface area contributed by atoms with Gasteiger partial charge in [0.25, 0.3) is 0 Å². The van der Waals surface area contributed by atoms with Crippen molar-refractivity contribution in [1.29, 1.82) is 0 Å². The standard InChI is InChI=1S/C18H20N2O5S/c1-2-20(12-14-6-4-3-5-7-14)18(21)11-19-26(22,23)15-8-9-16-17(10-15)25-13-24-16/h3-10,19H,2,11-13H2,1H3. The molecule has 1 heterocycles. The van der Waals surface area contributed by atoms with E-state index in [1.807, 2.05) is 37.3 Å². The van der Waals surface area contributed by atoms with Crippen LogP contribution in [0.4, 0.5) is 0 Å². The molecular formula is C18H20N2O5S. The fraction of sp³-hybridized carbons (Fsp3) is 0.278. The van der Waals surface area contributed by atoms with Crippen LogP contribution in [0.1, 0.15) is 12.5 Å². The molecule has 0 atom stereocenters. The zero-order valence-electron chi connectivity index (χ0n) is 14.3. The SMILES string of the molecule is CCN(Cc1ccccc1)C(=O)CNS(=O)(=O)c1ccc2c(c1)OCO2. The molecule has 1 N–H and O–H groups in total. The highest BCUT2D eigenvalue weighted by Crippen LogP contribution is 2.33. The maximum Gasteiger partial charge on any atom is 0.241 e. The molecule has 0 saturated carbocycles. The van der Waals surface area contributed by atoms with Gasteiger partial charge in [0, 0.05) is 19.2 Å². The van der Waals surface area contributed by atoms with Gasteiger partial charge in [0.1, 0.15) is 0 Å². The van der Waals surface area contributed by atoms with Crippen molar-refractivity contribution in [3.63, 3.8) is 0 Å². The number of nitrogens with one attached hydrogen (secondary N) is 1. The van der Waals surface area contributed by atoms with Crippen molar-refractivity contribution in [3.8, 4) is 11.5 Å². The zero-order valence-corrected chi connectivity index (χ0v) is 15.2. The quantitative estimate of drug-likeness (QED) is 0.796. The zero-order chi connectivity index (χ0) is 18.6. The minimum atomic E-state index is -3.82. The number of fused-ring (bicyclic) bond motifs is 1. The number of carbonyl (C=O) groups is 1. The fourth-order valence-corrected chi connectivity index (χ4v) is 3.57. The Morgan fingerprint density at radius 3 is 2.58 bits per heavy atom. The molecule has 2 aromatic rings. The first-order valence-corrected chi connectivity index (χ1v) is 9.69. The summed E-state index contributed by atoms with van der Waals surface area (Å²) >= 11 is 0. The molecule has 3 rings (SSSR count). The lowest BCUT2D eigenvalue weighted by atomic mass is 10.2. The highest BCUT2D eigenvalue weighted by molar-refractivity contribution is 7.89. The molecule has 0 unspecified atom stereocenters. The van der Waals surface area contributed by atoms with Crippen LogP contribution in [0.5, 0.6) is 11.5 Å². The molecule has 1 aliphatic rings. The number of hydrogen-bond donors (Lipinski definition) is 1. The van der Waals surface area contributed by atoms with Crippen molar-refractivity contribution >= 4 is 15.9 Å². The van der Waals surface area contributed by atoms with Crippen LogP contribution in [0.15, 0.2) is 53.4 Å². The van der Waals surface area contributed by atoms with E-state index < -0.39 is 10.0 Å². The van der Waals surface area contributed by atoms with Crippen LogP contribution in [0, 0.1) is 0 Å². The number of hydrogen-bond acceptors (Lipinski definition) is 5. The van der Waals surface area contributed by atoms with Crippen LogP contribution in [0.25, 0.3) is 0 Å². The van der Waals surface area contributed by atoms with Gasteiger partial charge in [0.15, 0.2) is 11.5 Å². The van der Waals surface area contributed by atoms with E-state index >= 15 is 0 Å². The number of benzene rings is 2. The van der Waals surface area contributed by atoms with Gasteiger partial charge in [0.2, 0.25) is 22.7 Å². The Bertz CT molecular complexity index is 884. The van der Waals surface area contributed by atoms with Crippen LogP contribution >= 0.6 is 0 Å². The van der Waals surface area contributed by atoms with E-state index in [0.717, 1.165) is 5.56 Å². The Labute approximate surface area is 152 Å². The van der Waals surface area contributed by atoms with E-state index in [1.165, 1.54) is 18.2 Å². The number of carbonyl (C=O) groups excluding carboxylic acids is 1. The molecule has 0 radical (unpaired) electrons. The summed E-state index contributed by atoms with van der Waals surface area (Å²) in [6, 6.07) is 13.9. The highest BCUT2D eigenvalue weighted by Gasteiger charge is 2.22. The first-order valence-electron chi connectivity index (χ1n) is 8.20. The molecule has 138 valence electrons. The number of nitrogens with zero attached hydrogens (tertiary/aromatic N) is 1. The van der Waals surface area contributed by atoms with Crippen molar-refractivity contribution in [2.75, 3.05) is 19.9 Å². The normalized spacial score (nSPS) is 12.8. The number of sulfonamides is 1. The van der Waals surface area contributed by atoms with E-state index in [9.17, 15) is 13.2 Å². The second-order valence-electron chi connectivity index (χ2n) is 5.73. The van der Waals surface area contributed by atoms with Gasteiger partial charge in [-0.1, -0.05) is 30.3 Å². The van der Waals surface area contributed by atoms with E-state index in [1.54, 1.807) is 4.90 Å². The predicted octanol–water partition coefficient (Wildman–Crippen LogP) is 1.74. The first kappa shape index (κ1) is 18.2. The molecule has 0 saturated heterocycles. The number of likely N-dealkylation sites (N-methyl/N-ethyl adjacent to an activating group) is 1. The summed E-state index contributed by atoms with van der Waals surface area (Å²) in [7, 11) is -3.82. The molecule has 1 amide bonds. The highest BCUT2D eigenvalue weighted by atomic mass is 32.2. The van der Waals surface area contributed by atoms with E-state index in [2.05, 4.69) is 4.72 Å². The molecule has 0 spiro atoms. The van der Waals surface area contributed by atoms with Gasteiger partial charge >= 0.3 is 0 Å². The van der Waals surface area contributed by atoms with Gasteiger partial charge in [-0.05, 0) is 24.6 Å². The molecule has 0 aromatic heterocycles. The lowest BCUT2D eigenvalue weighted by Crippen LogP contribution is -2.39. The topological polar surface area (TPSA) is 84.9 Å². The Morgan fingerprint density at radius 1 is 1.12 bits per heavy atom. The Balaban J connectivity index is 1.63. The third kappa shape index (κ3) is 4.14. The van der Waals surface area contributed by atoms with Gasteiger partial charge in [-0.15, -0.1) is 0 Å². The average molecular weight is 376 g/mol. The largest absolute Gasteiger partial charge is 0.454 e. The molecular weight excluding hydrogens is 356 g/mol. The van der Waals surface area contributed by atoms with E-state index in [-0.39, 0.29) is 24.1 Å². The van der Waals surface area contributed by atoms with Crippen molar-refractivity contribution in [1.82, 2.24) is 9.62 Å². The van der Waals surface area contributed by atoms with E-state index in [4.69, 9.17) is 9.47 Å². The molecule has 0 bridgehead atoms. The average Bonchev–Trinajstić information content (AvgIpc) is 3.13. The third-order valence-electron chi connectivity index (χ3n) is 4.02. The molecule has 0 aliphatic carbocycles.